The molecule has 0 amide bonds. The Kier molecular flexibility index (Phi) is 3.43. The fourth-order valence-corrected chi connectivity index (χ4v) is 2.03. The smallest absolute Gasteiger partial charge is 0.330 e. The third-order valence-corrected chi connectivity index (χ3v) is 3.07. The van der Waals surface area contributed by atoms with E-state index in [4.69, 9.17) is 10.3 Å². The molecule has 3 N–H and O–H groups in total. The predicted octanol–water partition coefficient (Wildman–Crippen LogP) is -0.607. The minimum Gasteiger partial charge on any atom is -0.391 e. The van der Waals surface area contributed by atoms with E-state index in [1.165, 1.54) is 10.8 Å². The number of H-pyrrole nitrogens is 1. The van der Waals surface area contributed by atoms with Crippen molar-refractivity contribution in [1.29, 1.82) is 5.53 Å². The molecule has 1 fully saturated rings. The van der Waals surface area contributed by atoms with Gasteiger partial charge in [0.25, 0.3) is 11.3 Å². The van der Waals surface area contributed by atoms with Gasteiger partial charge in [-0.15, -0.1) is 0 Å². The van der Waals surface area contributed by atoms with Crippen LogP contribution in [0.1, 0.15) is 24.6 Å². The van der Waals surface area contributed by atoms with Crippen molar-refractivity contribution < 1.29 is 9.84 Å². The summed E-state index contributed by atoms with van der Waals surface area (Å²) in [4.78, 5) is 28.1. The van der Waals surface area contributed by atoms with Gasteiger partial charge < -0.3 is 9.84 Å². The van der Waals surface area contributed by atoms with Crippen molar-refractivity contribution in [3.05, 3.63) is 32.6 Å². The van der Waals surface area contributed by atoms with Crippen molar-refractivity contribution in [2.45, 2.75) is 31.7 Å². The van der Waals surface area contributed by atoms with Crippen LogP contribution in [0.15, 0.2) is 20.9 Å². The third kappa shape index (κ3) is 2.39. The summed E-state index contributed by atoms with van der Waals surface area (Å²) in [5.41, 5.74) is 4.79. The summed E-state index contributed by atoms with van der Waals surface area (Å²) in [7, 11) is 0. The highest BCUT2D eigenvalue weighted by atomic mass is 16.6. The van der Waals surface area contributed by atoms with E-state index < -0.39 is 29.8 Å². The van der Waals surface area contributed by atoms with Crippen LogP contribution in [0.2, 0.25) is 0 Å². The maximum atomic E-state index is 11.7. The number of aliphatic hydroxyl groups excluding tert-OH is 1. The van der Waals surface area contributed by atoms with Gasteiger partial charge in [0.05, 0.1) is 0 Å². The minimum atomic E-state index is -1.28. The quantitative estimate of drug-likeness (QED) is 0.498. The lowest BCUT2D eigenvalue weighted by molar-refractivity contribution is -0.0988. The maximum absolute atomic E-state index is 11.7. The van der Waals surface area contributed by atoms with Crippen LogP contribution in [0.4, 0.5) is 0 Å². The molecule has 102 valence electrons. The van der Waals surface area contributed by atoms with Gasteiger partial charge in [0, 0.05) is 18.2 Å². The summed E-state index contributed by atoms with van der Waals surface area (Å²) in [6, 6.07) is 0. The SMILES string of the molecule is Cc1cn(C2CCC(CO)(N=[N+]=N)O2)c(=O)[nH]c1=O. The Morgan fingerprint density at radius 1 is 1.74 bits per heavy atom. The van der Waals surface area contributed by atoms with Crippen LogP contribution in [0.3, 0.4) is 0 Å². The van der Waals surface area contributed by atoms with Crippen LogP contribution < -0.4 is 16.2 Å². The Bertz CT molecular complexity index is 644. The largest absolute Gasteiger partial charge is 0.391 e. The highest BCUT2D eigenvalue weighted by Gasteiger charge is 2.45. The second-order valence-electron chi connectivity index (χ2n) is 4.39. The molecule has 0 radical (unpaired) electrons. The first kappa shape index (κ1) is 13.3. The van der Waals surface area contributed by atoms with E-state index in [1.807, 2.05) is 0 Å². The number of aromatic amines is 1. The molecule has 1 aromatic heterocycles. The fourth-order valence-electron chi connectivity index (χ4n) is 2.03. The predicted molar refractivity (Wildman–Crippen MR) is 62.5 cm³/mol. The van der Waals surface area contributed by atoms with Gasteiger partial charge in [0.1, 0.15) is 18.4 Å². The molecule has 19 heavy (non-hydrogen) atoms. The first-order valence-electron chi connectivity index (χ1n) is 5.71. The van der Waals surface area contributed by atoms with Gasteiger partial charge in [-0.3, -0.25) is 14.3 Å². The highest BCUT2D eigenvalue weighted by molar-refractivity contribution is 5.02. The molecule has 1 saturated heterocycles. The lowest BCUT2D eigenvalue weighted by atomic mass is 10.1. The topological polar surface area (TPSA) is 135 Å². The molecule has 9 nitrogen and oxygen atoms in total. The van der Waals surface area contributed by atoms with E-state index in [-0.39, 0.29) is 0 Å². The number of nitrogens with one attached hydrogen (secondary N) is 2. The van der Waals surface area contributed by atoms with Crippen molar-refractivity contribution in [2.24, 2.45) is 5.11 Å². The van der Waals surface area contributed by atoms with Crippen molar-refractivity contribution in [2.75, 3.05) is 6.61 Å². The first-order valence-corrected chi connectivity index (χ1v) is 5.71. The molecule has 2 heterocycles. The second kappa shape index (κ2) is 4.88. The molecule has 0 aromatic carbocycles. The standard InChI is InChI=1S/C10H13N5O4/c1-6-4-15(9(18)12-8(6)17)7-2-3-10(5-16,19-7)13-14-11/h4,7,11,16H,2-3,5H2,1H3/p+1. The number of rotatable bonds is 3. The van der Waals surface area contributed by atoms with E-state index in [0.29, 0.717) is 18.4 Å². The van der Waals surface area contributed by atoms with Gasteiger partial charge in [-0.25, -0.2) is 4.79 Å². The Labute approximate surface area is 107 Å². The first-order chi connectivity index (χ1) is 9.01. The van der Waals surface area contributed by atoms with E-state index >= 15 is 0 Å². The molecule has 1 aromatic rings. The summed E-state index contributed by atoms with van der Waals surface area (Å²) < 4.78 is 6.75. The number of nitrogens with zero attached hydrogens (tertiary/aromatic N) is 3. The van der Waals surface area contributed by atoms with Gasteiger partial charge in [-0.1, -0.05) is 0 Å². The van der Waals surface area contributed by atoms with Crippen molar-refractivity contribution in [1.82, 2.24) is 14.5 Å². The van der Waals surface area contributed by atoms with E-state index in [1.54, 1.807) is 6.92 Å². The van der Waals surface area contributed by atoms with E-state index in [2.05, 4.69) is 15.0 Å². The van der Waals surface area contributed by atoms with Gasteiger partial charge in [-0.2, -0.15) is 0 Å². The molecule has 2 unspecified atom stereocenters. The summed E-state index contributed by atoms with van der Waals surface area (Å²) >= 11 is 0. The van der Waals surface area contributed by atoms with Crippen molar-refractivity contribution in [3.63, 3.8) is 0 Å². The number of hydrogen-bond donors (Lipinski definition) is 3. The minimum absolute atomic E-state index is 0.334. The Morgan fingerprint density at radius 2 is 2.47 bits per heavy atom. The highest BCUT2D eigenvalue weighted by Crippen LogP contribution is 2.36. The molecule has 1 aliphatic heterocycles. The molecule has 0 spiro atoms. The Hall–Kier alpha value is -2.09. The molecule has 2 rings (SSSR count). The molecule has 9 heteroatoms. The van der Waals surface area contributed by atoms with Crippen molar-refractivity contribution in [3.8, 4) is 0 Å². The number of aromatic nitrogens is 2. The second-order valence-corrected chi connectivity index (χ2v) is 4.39. The number of aliphatic hydroxyl groups is 1. The molecular formula is C10H14N5O4+. The lowest BCUT2D eigenvalue weighted by Crippen LogP contribution is -2.36. The zero-order valence-electron chi connectivity index (χ0n) is 10.3. The summed E-state index contributed by atoms with van der Waals surface area (Å²) in [6.07, 6.45) is 1.50. The summed E-state index contributed by atoms with van der Waals surface area (Å²) in [5.74, 6) is 0. The molecule has 0 bridgehead atoms. The summed E-state index contributed by atoms with van der Waals surface area (Å²) in [5, 5.41) is 12.8. The van der Waals surface area contributed by atoms with Gasteiger partial charge in [0.2, 0.25) is 4.91 Å². The molecule has 2 atom stereocenters. The average molecular weight is 268 g/mol. The molecule has 0 saturated carbocycles. The van der Waals surface area contributed by atoms with E-state index in [9.17, 15) is 14.7 Å². The number of aryl methyl sites for hydroxylation is 1. The zero-order valence-corrected chi connectivity index (χ0v) is 10.3. The van der Waals surface area contributed by atoms with Crippen LogP contribution in [0.25, 0.3) is 0 Å². The Morgan fingerprint density at radius 3 is 3.11 bits per heavy atom. The van der Waals surface area contributed by atoms with Gasteiger partial charge >= 0.3 is 5.69 Å². The van der Waals surface area contributed by atoms with Gasteiger partial charge in [-0.05, 0) is 13.3 Å². The van der Waals surface area contributed by atoms with Crippen LogP contribution in [0.5, 0.6) is 0 Å². The molecular weight excluding hydrogens is 254 g/mol. The van der Waals surface area contributed by atoms with E-state index in [0.717, 1.165) is 0 Å². The van der Waals surface area contributed by atoms with Crippen LogP contribution in [-0.2, 0) is 4.74 Å². The van der Waals surface area contributed by atoms with Crippen LogP contribution in [0, 0.1) is 12.5 Å². The van der Waals surface area contributed by atoms with Gasteiger partial charge in [0.15, 0.2) is 5.11 Å². The number of ether oxygens (including phenoxy) is 1. The summed E-state index contributed by atoms with van der Waals surface area (Å²) in [6.45, 7) is 1.15. The maximum Gasteiger partial charge on any atom is 0.330 e. The fraction of sp³-hybridized carbons (Fsp3) is 0.600. The van der Waals surface area contributed by atoms with Crippen LogP contribution >= 0.6 is 0 Å². The zero-order chi connectivity index (χ0) is 14.0. The van der Waals surface area contributed by atoms with Crippen LogP contribution in [-0.4, -0.2) is 27.0 Å². The third-order valence-electron chi connectivity index (χ3n) is 3.07. The molecule has 0 aliphatic carbocycles. The normalized spacial score (nSPS) is 26.1. The Balaban J connectivity index is 2.36. The monoisotopic (exact) mass is 268 g/mol. The lowest BCUT2D eigenvalue weighted by Gasteiger charge is -2.17. The molecule has 1 aliphatic rings. The number of hydrogen-bond acceptors (Lipinski definition) is 6. The average Bonchev–Trinajstić information content (AvgIpc) is 2.79. The van der Waals surface area contributed by atoms with Crippen molar-refractivity contribution >= 4 is 0 Å².